The average Bonchev–Trinajstić information content (AvgIpc) is 3.12. The number of nitrogens with zero attached hydrogens (tertiary/aromatic N) is 1. The lowest BCUT2D eigenvalue weighted by atomic mass is 9.93. The van der Waals surface area contributed by atoms with E-state index in [2.05, 4.69) is 4.72 Å². The van der Waals surface area contributed by atoms with Gasteiger partial charge in [0, 0.05) is 17.2 Å². The third-order valence-corrected chi connectivity index (χ3v) is 8.19. The summed E-state index contributed by atoms with van der Waals surface area (Å²) in [4.78, 5) is 40.1. The van der Waals surface area contributed by atoms with Crippen molar-refractivity contribution in [2.24, 2.45) is 0 Å². The van der Waals surface area contributed by atoms with E-state index < -0.39 is 22.0 Å². The van der Waals surface area contributed by atoms with Gasteiger partial charge in [-0.3, -0.25) is 14.4 Å². The van der Waals surface area contributed by atoms with Crippen LogP contribution < -0.4 is 14.4 Å². The van der Waals surface area contributed by atoms with E-state index in [9.17, 15) is 22.8 Å². The number of hydrogen-bond donors (Lipinski definition) is 1. The average molecular weight is 545 g/mol. The molecule has 0 saturated carbocycles. The Morgan fingerprint density at radius 3 is 2.27 bits per heavy atom. The normalized spacial score (nSPS) is 16.6. The molecule has 1 aliphatic heterocycles. The number of nitrogens with one attached hydrogen (secondary N) is 1. The van der Waals surface area contributed by atoms with Crippen molar-refractivity contribution in [1.82, 2.24) is 4.72 Å². The molecule has 1 unspecified atom stereocenters. The van der Waals surface area contributed by atoms with Crippen molar-refractivity contribution in [3.8, 4) is 5.75 Å². The number of unbranched alkanes of at least 4 members (excludes halogenated alkanes) is 1. The van der Waals surface area contributed by atoms with Crippen LogP contribution >= 0.6 is 11.6 Å². The van der Waals surface area contributed by atoms with Crippen molar-refractivity contribution >= 4 is 45.0 Å². The number of hydrogen-bond acceptors (Lipinski definition) is 6. The Morgan fingerprint density at radius 2 is 1.68 bits per heavy atom. The SMILES string of the molecule is CCCCC(Oc1cc(N2C(=O)C3=C(CCCC3)C2=O)ccc1Cl)C(=O)NS(=O)(=O)c1ccc(C)cc1. The Balaban J connectivity index is 1.57. The predicted octanol–water partition coefficient (Wildman–Crippen LogP) is 4.83. The van der Waals surface area contributed by atoms with Gasteiger partial charge in [-0.05, 0) is 69.7 Å². The van der Waals surface area contributed by atoms with Crippen LogP contribution in [0.1, 0.15) is 57.4 Å². The molecule has 8 nitrogen and oxygen atoms in total. The molecular formula is C27H29ClN2O6S. The molecule has 0 saturated heterocycles. The highest BCUT2D eigenvalue weighted by Crippen LogP contribution is 2.38. The molecule has 196 valence electrons. The number of aryl methyl sites for hydroxylation is 1. The van der Waals surface area contributed by atoms with Crippen LogP contribution in [0, 0.1) is 6.92 Å². The van der Waals surface area contributed by atoms with E-state index in [0.29, 0.717) is 30.4 Å². The Hall–Kier alpha value is -3.17. The molecule has 1 N–H and O–H groups in total. The summed E-state index contributed by atoms with van der Waals surface area (Å²) < 4.78 is 33.6. The second-order valence-corrected chi connectivity index (χ2v) is 11.3. The minimum absolute atomic E-state index is 0.0387. The van der Waals surface area contributed by atoms with E-state index in [0.717, 1.165) is 29.7 Å². The lowest BCUT2D eigenvalue weighted by Crippen LogP contribution is -2.41. The van der Waals surface area contributed by atoms with Crippen LogP contribution in [0.15, 0.2) is 58.5 Å². The van der Waals surface area contributed by atoms with Crippen LogP contribution in [-0.4, -0.2) is 32.2 Å². The van der Waals surface area contributed by atoms with Gasteiger partial charge in [0.05, 0.1) is 15.6 Å². The number of rotatable bonds is 9. The molecule has 0 fully saturated rings. The van der Waals surface area contributed by atoms with Crippen LogP contribution in [0.3, 0.4) is 0 Å². The Morgan fingerprint density at radius 1 is 1.05 bits per heavy atom. The van der Waals surface area contributed by atoms with Crippen LogP contribution in [-0.2, 0) is 24.4 Å². The van der Waals surface area contributed by atoms with E-state index in [1.807, 2.05) is 13.8 Å². The standard InChI is InChI=1S/C27H29ClN2O6S/c1-3-4-9-23(25(31)29-37(34,35)19-13-10-17(2)11-14-19)36-24-16-18(12-15-22(24)28)30-26(32)20-7-5-6-8-21(20)27(30)33/h10-16,23H,3-9H2,1-2H3,(H,29,31). The van der Waals surface area contributed by atoms with E-state index >= 15 is 0 Å². The Labute approximate surface area is 221 Å². The second-order valence-electron chi connectivity index (χ2n) is 9.26. The summed E-state index contributed by atoms with van der Waals surface area (Å²) >= 11 is 6.35. The van der Waals surface area contributed by atoms with Crippen molar-refractivity contribution in [2.75, 3.05) is 4.90 Å². The summed E-state index contributed by atoms with van der Waals surface area (Å²) in [6.45, 7) is 3.76. The maximum Gasteiger partial charge on any atom is 0.274 e. The van der Waals surface area contributed by atoms with Crippen LogP contribution in [0.4, 0.5) is 5.69 Å². The predicted molar refractivity (Wildman–Crippen MR) is 140 cm³/mol. The summed E-state index contributed by atoms with van der Waals surface area (Å²) in [5.41, 5.74) is 2.27. The molecule has 4 rings (SSSR count). The molecule has 10 heteroatoms. The number of sulfonamides is 1. The molecule has 1 aliphatic carbocycles. The van der Waals surface area contributed by atoms with Crippen molar-refractivity contribution in [3.63, 3.8) is 0 Å². The smallest absolute Gasteiger partial charge is 0.274 e. The van der Waals surface area contributed by atoms with Crippen molar-refractivity contribution in [2.45, 2.75) is 69.8 Å². The molecule has 0 spiro atoms. The van der Waals surface area contributed by atoms with Gasteiger partial charge in [-0.2, -0.15) is 0 Å². The van der Waals surface area contributed by atoms with Gasteiger partial charge < -0.3 is 4.74 Å². The van der Waals surface area contributed by atoms with Gasteiger partial charge in [0.15, 0.2) is 6.10 Å². The van der Waals surface area contributed by atoms with Gasteiger partial charge in [0.1, 0.15) is 5.75 Å². The van der Waals surface area contributed by atoms with Gasteiger partial charge >= 0.3 is 0 Å². The molecule has 0 bridgehead atoms. The molecule has 2 aromatic carbocycles. The third-order valence-electron chi connectivity index (χ3n) is 6.51. The lowest BCUT2D eigenvalue weighted by molar-refractivity contribution is -0.126. The minimum Gasteiger partial charge on any atom is -0.479 e. The van der Waals surface area contributed by atoms with Gasteiger partial charge in [-0.1, -0.05) is 42.6 Å². The molecule has 3 amide bonds. The van der Waals surface area contributed by atoms with Gasteiger partial charge in [0.2, 0.25) is 0 Å². The minimum atomic E-state index is -4.11. The molecular weight excluding hydrogens is 516 g/mol. The first kappa shape index (κ1) is 26.9. The highest BCUT2D eigenvalue weighted by atomic mass is 35.5. The quantitative estimate of drug-likeness (QED) is 0.453. The first-order valence-electron chi connectivity index (χ1n) is 12.3. The van der Waals surface area contributed by atoms with Gasteiger partial charge in [0.25, 0.3) is 27.7 Å². The van der Waals surface area contributed by atoms with Crippen LogP contribution in [0.5, 0.6) is 5.75 Å². The summed E-state index contributed by atoms with van der Waals surface area (Å²) in [5.74, 6) is -1.45. The maximum atomic E-state index is 13.1. The number of carbonyl (C=O) groups excluding carboxylic acids is 3. The number of carbonyl (C=O) groups is 3. The van der Waals surface area contributed by atoms with Crippen molar-refractivity contribution in [3.05, 3.63) is 64.2 Å². The molecule has 37 heavy (non-hydrogen) atoms. The number of imide groups is 1. The number of ether oxygens (including phenoxy) is 1. The number of anilines is 1. The molecule has 0 radical (unpaired) electrons. The first-order valence-corrected chi connectivity index (χ1v) is 14.2. The molecule has 1 atom stereocenters. The number of amides is 3. The maximum absolute atomic E-state index is 13.1. The fourth-order valence-electron chi connectivity index (χ4n) is 4.46. The van der Waals surface area contributed by atoms with Crippen molar-refractivity contribution in [1.29, 1.82) is 0 Å². The van der Waals surface area contributed by atoms with Crippen LogP contribution in [0.2, 0.25) is 5.02 Å². The topological polar surface area (TPSA) is 110 Å². The lowest BCUT2D eigenvalue weighted by Gasteiger charge is -2.21. The van der Waals surface area contributed by atoms with E-state index in [-0.39, 0.29) is 39.6 Å². The highest BCUT2D eigenvalue weighted by molar-refractivity contribution is 7.90. The van der Waals surface area contributed by atoms with Gasteiger partial charge in [-0.25, -0.2) is 18.0 Å². The second kappa shape index (κ2) is 11.1. The fraction of sp³-hybridized carbons (Fsp3) is 0.370. The fourth-order valence-corrected chi connectivity index (χ4v) is 5.63. The highest BCUT2D eigenvalue weighted by Gasteiger charge is 2.40. The van der Waals surface area contributed by atoms with Crippen molar-refractivity contribution < 1.29 is 27.5 Å². The summed E-state index contributed by atoms with van der Waals surface area (Å²) in [6, 6.07) is 10.6. The Kier molecular flexibility index (Phi) is 8.04. The summed E-state index contributed by atoms with van der Waals surface area (Å²) in [6.07, 6.45) is 3.29. The van der Waals surface area contributed by atoms with Gasteiger partial charge in [-0.15, -0.1) is 0 Å². The zero-order valence-corrected chi connectivity index (χ0v) is 22.3. The zero-order chi connectivity index (χ0) is 26.7. The third kappa shape index (κ3) is 5.72. The Bertz CT molecular complexity index is 1340. The van der Waals surface area contributed by atoms with E-state index in [1.165, 1.54) is 24.3 Å². The van der Waals surface area contributed by atoms with E-state index in [4.69, 9.17) is 16.3 Å². The summed E-state index contributed by atoms with van der Waals surface area (Å²) in [7, 11) is -4.11. The molecule has 1 heterocycles. The van der Waals surface area contributed by atoms with Crippen LogP contribution in [0.25, 0.3) is 0 Å². The molecule has 2 aromatic rings. The summed E-state index contributed by atoms with van der Waals surface area (Å²) in [5, 5.41) is 0.163. The largest absolute Gasteiger partial charge is 0.479 e. The monoisotopic (exact) mass is 544 g/mol. The molecule has 2 aliphatic rings. The molecule has 0 aromatic heterocycles. The number of benzene rings is 2. The first-order chi connectivity index (χ1) is 17.6. The van der Waals surface area contributed by atoms with E-state index in [1.54, 1.807) is 18.2 Å². The number of halogens is 1. The zero-order valence-electron chi connectivity index (χ0n) is 20.8.